The molecule has 0 fully saturated rings. The first-order valence-corrected chi connectivity index (χ1v) is 8.26. The number of nitrogens with zero attached hydrogens (tertiary/aromatic N) is 1. The van der Waals surface area contributed by atoms with E-state index in [1.165, 1.54) is 12.1 Å². The van der Waals surface area contributed by atoms with Gasteiger partial charge >= 0.3 is 0 Å². The molecule has 26 heavy (non-hydrogen) atoms. The molecule has 3 rings (SSSR count). The standard InChI is InChI=1S/C19H18ClN5O/c20-15-8-14(16(21)9-17(15)22)18(26)25-19(23)24-10-12-6-3-5-11-4-1-2-7-13(11)12/h1-9H,10,21-22H2,(H3,23,24,25,26). The molecule has 0 aliphatic heterocycles. The zero-order valence-corrected chi connectivity index (χ0v) is 14.6. The van der Waals surface area contributed by atoms with Crippen LogP contribution < -0.4 is 22.5 Å². The van der Waals surface area contributed by atoms with Crippen LogP contribution in [0, 0.1) is 0 Å². The van der Waals surface area contributed by atoms with E-state index in [-0.39, 0.29) is 22.2 Å². The molecule has 0 radical (unpaired) electrons. The molecule has 132 valence electrons. The van der Waals surface area contributed by atoms with Crippen LogP contribution in [0.25, 0.3) is 10.8 Å². The molecular formula is C19H18ClN5O. The summed E-state index contributed by atoms with van der Waals surface area (Å²) in [7, 11) is 0. The molecule has 0 saturated carbocycles. The average Bonchev–Trinajstić information content (AvgIpc) is 2.62. The summed E-state index contributed by atoms with van der Waals surface area (Å²) < 4.78 is 0. The number of fused-ring (bicyclic) bond motifs is 1. The van der Waals surface area contributed by atoms with Crippen molar-refractivity contribution in [2.45, 2.75) is 6.54 Å². The third-order valence-electron chi connectivity index (χ3n) is 3.95. The van der Waals surface area contributed by atoms with Crippen molar-refractivity contribution in [3.8, 4) is 0 Å². The Kier molecular flexibility index (Phi) is 4.95. The predicted octanol–water partition coefficient (Wildman–Crippen LogP) is 2.90. The van der Waals surface area contributed by atoms with Gasteiger partial charge in [0, 0.05) is 5.69 Å². The number of nitrogens with one attached hydrogen (secondary N) is 1. The van der Waals surface area contributed by atoms with E-state index in [1.54, 1.807) is 0 Å². The van der Waals surface area contributed by atoms with Crippen LogP contribution >= 0.6 is 11.6 Å². The molecule has 0 bridgehead atoms. The first-order chi connectivity index (χ1) is 12.5. The fraction of sp³-hybridized carbons (Fsp3) is 0.0526. The van der Waals surface area contributed by atoms with Crippen LogP contribution in [0.1, 0.15) is 15.9 Å². The average molecular weight is 368 g/mol. The van der Waals surface area contributed by atoms with Gasteiger partial charge in [0.15, 0.2) is 5.96 Å². The largest absolute Gasteiger partial charge is 0.398 e. The summed E-state index contributed by atoms with van der Waals surface area (Å²) in [6.45, 7) is 0.339. The lowest BCUT2D eigenvalue weighted by molar-refractivity contribution is 0.0977. The number of hydrogen-bond donors (Lipinski definition) is 4. The Morgan fingerprint density at radius 2 is 1.77 bits per heavy atom. The molecule has 0 aliphatic rings. The molecular weight excluding hydrogens is 350 g/mol. The summed E-state index contributed by atoms with van der Waals surface area (Å²) >= 11 is 5.94. The van der Waals surface area contributed by atoms with Crippen molar-refractivity contribution in [3.05, 3.63) is 70.7 Å². The minimum atomic E-state index is -0.497. The molecule has 0 unspecified atom stereocenters. The lowest BCUT2D eigenvalue weighted by Gasteiger charge is -2.09. The van der Waals surface area contributed by atoms with Gasteiger partial charge in [-0.2, -0.15) is 0 Å². The second-order valence-electron chi connectivity index (χ2n) is 5.75. The van der Waals surface area contributed by atoms with Crippen molar-refractivity contribution in [1.82, 2.24) is 5.32 Å². The highest BCUT2D eigenvalue weighted by Crippen LogP contribution is 2.25. The summed E-state index contributed by atoms with van der Waals surface area (Å²) in [4.78, 5) is 16.6. The molecule has 0 spiro atoms. The van der Waals surface area contributed by atoms with Gasteiger partial charge in [0.1, 0.15) is 0 Å². The van der Waals surface area contributed by atoms with Gasteiger partial charge in [0.2, 0.25) is 0 Å². The van der Waals surface area contributed by atoms with E-state index in [1.807, 2.05) is 42.5 Å². The summed E-state index contributed by atoms with van der Waals surface area (Å²) in [5.41, 5.74) is 19.0. The topological polar surface area (TPSA) is 120 Å². The third-order valence-corrected chi connectivity index (χ3v) is 4.28. The number of benzene rings is 3. The van der Waals surface area contributed by atoms with Gasteiger partial charge in [-0.15, -0.1) is 0 Å². The summed E-state index contributed by atoms with van der Waals surface area (Å²) in [5.74, 6) is -0.501. The lowest BCUT2D eigenvalue weighted by Crippen LogP contribution is -2.37. The summed E-state index contributed by atoms with van der Waals surface area (Å²) in [6, 6.07) is 16.8. The molecule has 0 aromatic heterocycles. The van der Waals surface area contributed by atoms with Gasteiger partial charge < -0.3 is 17.2 Å². The molecule has 0 saturated heterocycles. The van der Waals surface area contributed by atoms with E-state index < -0.39 is 5.91 Å². The number of guanidine groups is 1. The number of amides is 1. The van der Waals surface area contributed by atoms with Gasteiger partial charge in [-0.1, -0.05) is 54.1 Å². The van der Waals surface area contributed by atoms with Crippen LogP contribution in [0.4, 0.5) is 11.4 Å². The Bertz CT molecular complexity index is 1010. The van der Waals surface area contributed by atoms with Crippen molar-refractivity contribution >= 4 is 45.6 Å². The van der Waals surface area contributed by atoms with Crippen molar-refractivity contribution < 1.29 is 4.79 Å². The van der Waals surface area contributed by atoms with Crippen molar-refractivity contribution in [1.29, 1.82) is 0 Å². The summed E-state index contributed by atoms with van der Waals surface area (Å²) in [5, 5.41) is 4.97. The maximum Gasteiger partial charge on any atom is 0.260 e. The zero-order valence-electron chi connectivity index (χ0n) is 13.9. The number of aliphatic imine (C=N–C) groups is 1. The minimum Gasteiger partial charge on any atom is -0.398 e. The van der Waals surface area contributed by atoms with E-state index in [0.29, 0.717) is 12.2 Å². The van der Waals surface area contributed by atoms with Gasteiger partial charge in [0.25, 0.3) is 5.91 Å². The highest BCUT2D eigenvalue weighted by molar-refractivity contribution is 6.33. The molecule has 0 heterocycles. The van der Waals surface area contributed by atoms with Crippen LogP contribution in [-0.4, -0.2) is 11.9 Å². The van der Waals surface area contributed by atoms with Crippen LogP contribution in [0.3, 0.4) is 0 Å². The third kappa shape index (κ3) is 3.70. The van der Waals surface area contributed by atoms with Gasteiger partial charge in [-0.3, -0.25) is 10.1 Å². The maximum absolute atomic E-state index is 12.3. The van der Waals surface area contributed by atoms with E-state index >= 15 is 0 Å². The first-order valence-electron chi connectivity index (χ1n) is 7.88. The highest BCUT2D eigenvalue weighted by Gasteiger charge is 2.13. The molecule has 1 amide bonds. The fourth-order valence-corrected chi connectivity index (χ4v) is 2.79. The van der Waals surface area contributed by atoms with Crippen LogP contribution in [0.15, 0.2) is 59.6 Å². The SMILES string of the molecule is NC(=NCc1cccc2ccccc12)NC(=O)c1cc(Cl)c(N)cc1N. The van der Waals surface area contributed by atoms with Crippen LogP contribution in [0.2, 0.25) is 5.02 Å². The Morgan fingerprint density at radius 3 is 2.58 bits per heavy atom. The van der Waals surface area contributed by atoms with Crippen LogP contribution in [0.5, 0.6) is 0 Å². The molecule has 7 heteroatoms. The number of nitrogens with two attached hydrogens (primary N) is 3. The normalized spacial score (nSPS) is 11.5. The summed E-state index contributed by atoms with van der Waals surface area (Å²) in [6.07, 6.45) is 0. The number of anilines is 2. The van der Waals surface area contributed by atoms with E-state index in [2.05, 4.69) is 10.3 Å². The molecule has 3 aromatic carbocycles. The lowest BCUT2D eigenvalue weighted by atomic mass is 10.1. The fourth-order valence-electron chi connectivity index (χ4n) is 2.63. The number of nitrogen functional groups attached to an aromatic ring is 2. The number of rotatable bonds is 3. The Morgan fingerprint density at radius 1 is 1.04 bits per heavy atom. The van der Waals surface area contributed by atoms with E-state index in [9.17, 15) is 4.79 Å². The van der Waals surface area contributed by atoms with Gasteiger partial charge in [-0.25, -0.2) is 4.99 Å². The monoisotopic (exact) mass is 367 g/mol. The number of hydrogen-bond acceptors (Lipinski definition) is 4. The molecule has 0 atom stereocenters. The molecule has 7 N–H and O–H groups in total. The molecule has 6 nitrogen and oxygen atoms in total. The number of carbonyl (C=O) groups excluding carboxylic acids is 1. The second-order valence-corrected chi connectivity index (χ2v) is 6.16. The Balaban J connectivity index is 1.76. The number of halogens is 1. The van der Waals surface area contributed by atoms with E-state index in [0.717, 1.165) is 16.3 Å². The Labute approximate surface area is 155 Å². The first kappa shape index (κ1) is 17.6. The van der Waals surface area contributed by atoms with Gasteiger partial charge in [-0.05, 0) is 28.5 Å². The zero-order chi connectivity index (χ0) is 18.7. The predicted molar refractivity (Wildman–Crippen MR) is 107 cm³/mol. The van der Waals surface area contributed by atoms with Gasteiger partial charge in [0.05, 0.1) is 22.8 Å². The van der Waals surface area contributed by atoms with Crippen molar-refractivity contribution in [2.24, 2.45) is 10.7 Å². The van der Waals surface area contributed by atoms with Crippen LogP contribution in [-0.2, 0) is 6.54 Å². The Hall–Kier alpha value is -3.25. The smallest absolute Gasteiger partial charge is 0.260 e. The second kappa shape index (κ2) is 7.33. The van der Waals surface area contributed by atoms with Crippen molar-refractivity contribution in [3.63, 3.8) is 0 Å². The van der Waals surface area contributed by atoms with Crippen molar-refractivity contribution in [2.75, 3.05) is 11.5 Å². The highest BCUT2D eigenvalue weighted by atomic mass is 35.5. The molecule has 3 aromatic rings. The quantitative estimate of drug-likeness (QED) is 0.323. The van der Waals surface area contributed by atoms with E-state index in [4.69, 9.17) is 28.8 Å². The number of carbonyl (C=O) groups is 1. The maximum atomic E-state index is 12.3. The minimum absolute atomic E-state index is 0.00437. The molecule has 0 aliphatic carbocycles.